The third kappa shape index (κ3) is 1.31. The molecule has 0 saturated heterocycles. The molecule has 0 saturated carbocycles. The van der Waals surface area contributed by atoms with Crippen molar-refractivity contribution in [1.29, 1.82) is 0 Å². The molecule has 2 heteroatoms. The Morgan fingerprint density at radius 3 is 2.33 bits per heavy atom. The maximum atomic E-state index is 14.6. The van der Waals surface area contributed by atoms with E-state index in [1.165, 1.54) is 0 Å². The van der Waals surface area contributed by atoms with Crippen LogP contribution in [0.25, 0.3) is 54.3 Å². The number of furan rings is 1. The fourth-order valence-electron chi connectivity index (χ4n) is 4.10. The summed E-state index contributed by atoms with van der Waals surface area (Å²) in [4.78, 5) is 0. The second-order valence-electron chi connectivity index (χ2n) is 6.29. The molecule has 0 amide bonds. The lowest BCUT2D eigenvalue weighted by Gasteiger charge is -2.12. The number of fused-ring (bicyclic) bond motifs is 5. The Bertz CT molecular complexity index is 1410. The van der Waals surface area contributed by atoms with Gasteiger partial charge in [-0.2, -0.15) is 0 Å². The van der Waals surface area contributed by atoms with Crippen LogP contribution >= 0.6 is 0 Å². The van der Waals surface area contributed by atoms with Gasteiger partial charge in [0.05, 0.1) is 0 Å². The largest absolute Gasteiger partial charge is 0.455 e. The van der Waals surface area contributed by atoms with E-state index >= 15 is 0 Å². The molecular weight excluding hydrogens is 299 g/mol. The van der Waals surface area contributed by atoms with Gasteiger partial charge in [-0.25, -0.2) is 4.39 Å². The van der Waals surface area contributed by atoms with Crippen LogP contribution in [0, 0.1) is 5.82 Å². The average Bonchev–Trinajstić information content (AvgIpc) is 3.01. The maximum Gasteiger partial charge on any atom is 0.143 e. The lowest BCUT2D eigenvalue weighted by atomic mass is 9.91. The minimum atomic E-state index is -0.173. The standard InChI is InChI=1S/C22H11FO/c23-17-11-12-5-3-9-16-19(12)20-13(17)7-4-8-15(20)21-14-6-1-2-10-18(14)24-22(16)21/h1-11H. The van der Waals surface area contributed by atoms with E-state index in [4.69, 9.17) is 4.42 Å². The SMILES string of the molecule is Fc1cc2cccc3c4oc5ccccc5c4c4cccc1c4c23. The molecule has 0 fully saturated rings. The average molecular weight is 310 g/mol. The van der Waals surface area contributed by atoms with Gasteiger partial charge in [-0.05, 0) is 22.9 Å². The van der Waals surface area contributed by atoms with Crippen LogP contribution in [0.2, 0.25) is 0 Å². The van der Waals surface area contributed by atoms with E-state index in [1.807, 2.05) is 42.5 Å². The van der Waals surface area contributed by atoms with Gasteiger partial charge in [0.25, 0.3) is 0 Å². The number of para-hydroxylation sites is 1. The molecule has 0 aliphatic heterocycles. The molecule has 0 N–H and O–H groups in total. The summed E-state index contributed by atoms with van der Waals surface area (Å²) in [6.07, 6.45) is 0. The smallest absolute Gasteiger partial charge is 0.143 e. The summed E-state index contributed by atoms with van der Waals surface area (Å²) in [5, 5.41) is 7.89. The molecule has 0 aliphatic rings. The fraction of sp³-hybridized carbons (Fsp3) is 0. The first-order chi connectivity index (χ1) is 11.8. The van der Waals surface area contributed by atoms with Crippen molar-refractivity contribution in [2.24, 2.45) is 0 Å². The van der Waals surface area contributed by atoms with Gasteiger partial charge in [0.15, 0.2) is 0 Å². The molecule has 0 aliphatic carbocycles. The van der Waals surface area contributed by atoms with Crippen molar-refractivity contribution >= 4 is 54.3 Å². The van der Waals surface area contributed by atoms with Gasteiger partial charge >= 0.3 is 0 Å². The zero-order valence-electron chi connectivity index (χ0n) is 12.6. The predicted octanol–water partition coefficient (Wildman–Crippen LogP) is 6.62. The molecule has 0 spiro atoms. The summed E-state index contributed by atoms with van der Waals surface area (Å²) in [5.41, 5.74) is 1.75. The first-order valence-electron chi connectivity index (χ1n) is 7.99. The quantitative estimate of drug-likeness (QED) is 0.287. The molecule has 0 bridgehead atoms. The highest BCUT2D eigenvalue weighted by molar-refractivity contribution is 6.36. The van der Waals surface area contributed by atoms with E-state index < -0.39 is 0 Å². The summed E-state index contributed by atoms with van der Waals surface area (Å²) in [7, 11) is 0. The molecule has 6 aromatic rings. The lowest BCUT2D eigenvalue weighted by molar-refractivity contribution is 0.641. The van der Waals surface area contributed by atoms with Crippen LogP contribution in [0.4, 0.5) is 4.39 Å². The number of hydrogen-bond acceptors (Lipinski definition) is 1. The van der Waals surface area contributed by atoms with Crippen molar-refractivity contribution in [3.05, 3.63) is 72.5 Å². The van der Waals surface area contributed by atoms with Gasteiger partial charge in [0, 0.05) is 32.3 Å². The Hall–Kier alpha value is -3.13. The van der Waals surface area contributed by atoms with Gasteiger partial charge in [-0.1, -0.05) is 54.6 Å². The van der Waals surface area contributed by atoms with E-state index in [0.29, 0.717) is 5.39 Å². The van der Waals surface area contributed by atoms with Gasteiger partial charge in [-0.3, -0.25) is 0 Å². The molecular formula is C22H11FO. The highest BCUT2D eigenvalue weighted by Crippen LogP contribution is 2.44. The van der Waals surface area contributed by atoms with E-state index in [9.17, 15) is 4.39 Å². The van der Waals surface area contributed by atoms with Crippen molar-refractivity contribution in [2.75, 3.05) is 0 Å². The van der Waals surface area contributed by atoms with Crippen LogP contribution in [0.15, 0.2) is 71.1 Å². The van der Waals surface area contributed by atoms with Gasteiger partial charge in [0.2, 0.25) is 0 Å². The summed E-state index contributed by atoms with van der Waals surface area (Å²) >= 11 is 0. The van der Waals surface area contributed by atoms with E-state index in [2.05, 4.69) is 18.2 Å². The van der Waals surface area contributed by atoms with Crippen LogP contribution in [-0.2, 0) is 0 Å². The Balaban J connectivity index is 2.13. The molecule has 0 unspecified atom stereocenters. The fourth-order valence-corrected chi connectivity index (χ4v) is 4.10. The molecule has 1 heterocycles. The van der Waals surface area contributed by atoms with Crippen LogP contribution in [0.5, 0.6) is 0 Å². The van der Waals surface area contributed by atoms with Crippen LogP contribution in [0.1, 0.15) is 0 Å². The second-order valence-corrected chi connectivity index (χ2v) is 6.29. The maximum absolute atomic E-state index is 14.6. The predicted molar refractivity (Wildman–Crippen MR) is 97.4 cm³/mol. The number of benzene rings is 5. The third-order valence-electron chi connectivity index (χ3n) is 5.06. The lowest BCUT2D eigenvalue weighted by Crippen LogP contribution is -1.88. The molecule has 24 heavy (non-hydrogen) atoms. The minimum Gasteiger partial charge on any atom is -0.455 e. The second kappa shape index (κ2) is 4.04. The highest BCUT2D eigenvalue weighted by Gasteiger charge is 2.19. The Kier molecular flexibility index (Phi) is 2.07. The molecule has 112 valence electrons. The van der Waals surface area contributed by atoms with Crippen molar-refractivity contribution < 1.29 is 8.81 Å². The molecule has 0 radical (unpaired) electrons. The Morgan fingerprint density at radius 1 is 0.625 bits per heavy atom. The van der Waals surface area contributed by atoms with Gasteiger partial charge in [0.1, 0.15) is 17.0 Å². The first-order valence-corrected chi connectivity index (χ1v) is 7.99. The van der Waals surface area contributed by atoms with Gasteiger partial charge < -0.3 is 4.42 Å². The van der Waals surface area contributed by atoms with Crippen molar-refractivity contribution in [3.63, 3.8) is 0 Å². The highest BCUT2D eigenvalue weighted by atomic mass is 19.1. The molecule has 6 rings (SSSR count). The Morgan fingerprint density at radius 2 is 1.38 bits per heavy atom. The zero-order valence-corrected chi connectivity index (χ0v) is 12.6. The summed E-state index contributed by atoms with van der Waals surface area (Å²) in [6.45, 7) is 0. The zero-order chi connectivity index (χ0) is 15.8. The monoisotopic (exact) mass is 310 g/mol. The van der Waals surface area contributed by atoms with E-state index in [1.54, 1.807) is 6.07 Å². The molecule has 5 aromatic carbocycles. The topological polar surface area (TPSA) is 13.1 Å². The normalized spacial score (nSPS) is 12.4. The molecule has 1 aromatic heterocycles. The van der Waals surface area contributed by atoms with Crippen molar-refractivity contribution in [3.8, 4) is 0 Å². The number of rotatable bonds is 0. The van der Waals surface area contributed by atoms with E-state index in [-0.39, 0.29) is 5.82 Å². The number of hydrogen-bond donors (Lipinski definition) is 0. The minimum absolute atomic E-state index is 0.173. The van der Waals surface area contributed by atoms with Crippen molar-refractivity contribution in [2.45, 2.75) is 0 Å². The van der Waals surface area contributed by atoms with E-state index in [0.717, 1.165) is 48.9 Å². The molecule has 0 atom stereocenters. The summed E-state index contributed by atoms with van der Waals surface area (Å²) in [6, 6.07) is 21.5. The number of halogens is 1. The van der Waals surface area contributed by atoms with Crippen LogP contribution < -0.4 is 0 Å². The summed E-state index contributed by atoms with van der Waals surface area (Å²) in [5.74, 6) is -0.173. The third-order valence-corrected chi connectivity index (χ3v) is 5.06. The first kappa shape index (κ1) is 12.3. The van der Waals surface area contributed by atoms with Crippen LogP contribution in [0.3, 0.4) is 0 Å². The van der Waals surface area contributed by atoms with Gasteiger partial charge in [-0.15, -0.1) is 0 Å². The van der Waals surface area contributed by atoms with Crippen LogP contribution in [-0.4, -0.2) is 0 Å². The van der Waals surface area contributed by atoms with Crippen molar-refractivity contribution in [1.82, 2.24) is 0 Å². The Labute approximate surface area is 136 Å². The molecule has 1 nitrogen and oxygen atoms in total. The summed E-state index contributed by atoms with van der Waals surface area (Å²) < 4.78 is 20.8.